The second-order valence-electron chi connectivity index (χ2n) is 6.52. The lowest BCUT2D eigenvalue weighted by molar-refractivity contribution is -0.126. The van der Waals surface area contributed by atoms with Gasteiger partial charge in [-0.3, -0.25) is 9.69 Å². The molecule has 0 spiro atoms. The first-order valence-electron chi connectivity index (χ1n) is 8.58. The van der Waals surface area contributed by atoms with E-state index in [1.807, 2.05) is 6.92 Å². The second-order valence-corrected chi connectivity index (χ2v) is 6.52. The lowest BCUT2D eigenvalue weighted by Crippen LogP contribution is -2.54. The minimum atomic E-state index is -0.0153. The van der Waals surface area contributed by atoms with E-state index in [1.54, 1.807) is 0 Å². The number of hydrogen-bond acceptors (Lipinski definition) is 3. The largest absolute Gasteiger partial charge is 0.369 e. The Bertz CT molecular complexity index is 476. The first-order chi connectivity index (χ1) is 10.7. The number of nitrogens with zero attached hydrogens (tertiary/aromatic N) is 2. The van der Waals surface area contributed by atoms with Gasteiger partial charge in [-0.05, 0) is 31.9 Å². The van der Waals surface area contributed by atoms with Gasteiger partial charge >= 0.3 is 0 Å². The van der Waals surface area contributed by atoms with Gasteiger partial charge in [0.25, 0.3) is 0 Å². The molecule has 1 aliphatic heterocycles. The molecule has 1 amide bonds. The molecule has 1 aromatic rings. The number of benzene rings is 1. The summed E-state index contributed by atoms with van der Waals surface area (Å²) in [4.78, 5) is 17.1. The van der Waals surface area contributed by atoms with Crippen molar-refractivity contribution in [2.24, 2.45) is 0 Å². The van der Waals surface area contributed by atoms with E-state index in [-0.39, 0.29) is 11.9 Å². The van der Waals surface area contributed by atoms with Gasteiger partial charge in [-0.15, -0.1) is 0 Å². The molecule has 1 saturated carbocycles. The molecular formula is C18H27N3O. The summed E-state index contributed by atoms with van der Waals surface area (Å²) in [7, 11) is 0. The SMILES string of the molecule is C[C@@H](C(=O)NC1CCCC1)N1CCN(c2ccccc2)CC1. The molecule has 120 valence electrons. The average molecular weight is 301 g/mol. The first-order valence-corrected chi connectivity index (χ1v) is 8.58. The topological polar surface area (TPSA) is 35.6 Å². The molecule has 2 aliphatic rings. The van der Waals surface area contributed by atoms with E-state index in [1.165, 1.54) is 18.5 Å². The van der Waals surface area contributed by atoms with Gasteiger partial charge in [0, 0.05) is 37.9 Å². The predicted molar refractivity (Wildman–Crippen MR) is 90.1 cm³/mol. The zero-order valence-electron chi connectivity index (χ0n) is 13.5. The van der Waals surface area contributed by atoms with E-state index in [0.717, 1.165) is 39.0 Å². The summed E-state index contributed by atoms with van der Waals surface area (Å²) in [5, 5.41) is 3.22. The van der Waals surface area contributed by atoms with Crippen LogP contribution in [0.25, 0.3) is 0 Å². The Balaban J connectivity index is 1.49. The Labute approximate surface area is 133 Å². The zero-order valence-corrected chi connectivity index (χ0v) is 13.5. The van der Waals surface area contributed by atoms with Crippen molar-refractivity contribution < 1.29 is 4.79 Å². The van der Waals surface area contributed by atoms with Crippen LogP contribution in [-0.2, 0) is 4.79 Å². The fraction of sp³-hybridized carbons (Fsp3) is 0.611. The smallest absolute Gasteiger partial charge is 0.237 e. The molecule has 0 bridgehead atoms. The van der Waals surface area contributed by atoms with Gasteiger partial charge in [-0.25, -0.2) is 0 Å². The van der Waals surface area contributed by atoms with Crippen molar-refractivity contribution in [1.82, 2.24) is 10.2 Å². The highest BCUT2D eigenvalue weighted by molar-refractivity contribution is 5.81. The Morgan fingerprint density at radius 3 is 2.36 bits per heavy atom. The van der Waals surface area contributed by atoms with Crippen LogP contribution in [0.3, 0.4) is 0 Å². The molecule has 3 rings (SSSR count). The molecule has 0 radical (unpaired) electrons. The molecule has 2 fully saturated rings. The van der Waals surface area contributed by atoms with Crippen molar-refractivity contribution in [3.05, 3.63) is 30.3 Å². The normalized spacial score (nSPS) is 21.8. The van der Waals surface area contributed by atoms with Crippen molar-refractivity contribution in [3.63, 3.8) is 0 Å². The van der Waals surface area contributed by atoms with Gasteiger partial charge in [0.2, 0.25) is 5.91 Å². The van der Waals surface area contributed by atoms with Crippen LogP contribution in [0.2, 0.25) is 0 Å². The molecular weight excluding hydrogens is 274 g/mol. The number of piperazine rings is 1. The van der Waals surface area contributed by atoms with Crippen LogP contribution in [0.4, 0.5) is 5.69 Å². The summed E-state index contributed by atoms with van der Waals surface area (Å²) in [6.07, 6.45) is 4.82. The van der Waals surface area contributed by atoms with Crippen LogP contribution in [0, 0.1) is 0 Å². The highest BCUT2D eigenvalue weighted by atomic mass is 16.2. The monoisotopic (exact) mass is 301 g/mol. The summed E-state index contributed by atoms with van der Waals surface area (Å²) in [6, 6.07) is 10.9. The zero-order chi connectivity index (χ0) is 15.4. The number of carbonyl (C=O) groups excluding carboxylic acids is 1. The standard InChI is InChI=1S/C18H27N3O/c1-15(18(22)19-16-7-5-6-8-16)20-11-13-21(14-12-20)17-9-3-2-4-10-17/h2-4,9-10,15-16H,5-8,11-14H2,1H3,(H,19,22)/t15-/m0/s1. The Morgan fingerprint density at radius 1 is 1.09 bits per heavy atom. The molecule has 0 aromatic heterocycles. The van der Waals surface area contributed by atoms with Crippen LogP contribution >= 0.6 is 0 Å². The third kappa shape index (κ3) is 3.61. The van der Waals surface area contributed by atoms with Crippen molar-refractivity contribution in [3.8, 4) is 0 Å². The highest BCUT2D eigenvalue weighted by Crippen LogP contribution is 2.19. The van der Waals surface area contributed by atoms with Gasteiger partial charge < -0.3 is 10.2 Å². The maximum Gasteiger partial charge on any atom is 0.237 e. The number of rotatable bonds is 4. The van der Waals surface area contributed by atoms with Gasteiger partial charge in [0.15, 0.2) is 0 Å². The molecule has 1 saturated heterocycles. The van der Waals surface area contributed by atoms with Crippen LogP contribution in [0.15, 0.2) is 30.3 Å². The van der Waals surface area contributed by atoms with Gasteiger partial charge in [0.1, 0.15) is 0 Å². The number of carbonyl (C=O) groups is 1. The highest BCUT2D eigenvalue weighted by Gasteiger charge is 2.27. The van der Waals surface area contributed by atoms with E-state index in [2.05, 4.69) is 45.4 Å². The second kappa shape index (κ2) is 7.14. The number of para-hydroxylation sites is 1. The van der Waals surface area contributed by atoms with E-state index in [9.17, 15) is 4.79 Å². The molecule has 22 heavy (non-hydrogen) atoms. The van der Waals surface area contributed by atoms with Gasteiger partial charge in [-0.2, -0.15) is 0 Å². The molecule has 1 heterocycles. The Hall–Kier alpha value is -1.55. The minimum absolute atomic E-state index is 0.0153. The predicted octanol–water partition coefficient (Wildman–Crippen LogP) is 2.26. The van der Waals surface area contributed by atoms with E-state index in [4.69, 9.17) is 0 Å². The minimum Gasteiger partial charge on any atom is -0.369 e. The molecule has 1 atom stereocenters. The van der Waals surface area contributed by atoms with Crippen LogP contribution in [0.1, 0.15) is 32.6 Å². The number of amides is 1. The summed E-state index contributed by atoms with van der Waals surface area (Å²) < 4.78 is 0. The van der Waals surface area contributed by atoms with Crippen LogP contribution < -0.4 is 10.2 Å². The van der Waals surface area contributed by atoms with E-state index in [0.29, 0.717) is 6.04 Å². The maximum absolute atomic E-state index is 12.4. The summed E-state index contributed by atoms with van der Waals surface area (Å²) >= 11 is 0. The van der Waals surface area contributed by atoms with Gasteiger partial charge in [-0.1, -0.05) is 31.0 Å². The first kappa shape index (κ1) is 15.3. The van der Waals surface area contributed by atoms with Crippen molar-refractivity contribution in [2.75, 3.05) is 31.1 Å². The average Bonchev–Trinajstić information content (AvgIpc) is 3.08. The van der Waals surface area contributed by atoms with Crippen LogP contribution in [-0.4, -0.2) is 49.1 Å². The maximum atomic E-state index is 12.4. The number of anilines is 1. The number of hydrogen-bond donors (Lipinski definition) is 1. The molecule has 4 heteroatoms. The number of nitrogens with one attached hydrogen (secondary N) is 1. The summed E-state index contributed by atoms with van der Waals surface area (Å²) in [6.45, 7) is 5.93. The van der Waals surface area contributed by atoms with E-state index >= 15 is 0 Å². The third-order valence-electron chi connectivity index (χ3n) is 5.06. The fourth-order valence-corrected chi connectivity index (χ4v) is 3.56. The van der Waals surface area contributed by atoms with Crippen molar-refractivity contribution >= 4 is 11.6 Å². The quantitative estimate of drug-likeness (QED) is 0.926. The van der Waals surface area contributed by atoms with Gasteiger partial charge in [0.05, 0.1) is 6.04 Å². The lowest BCUT2D eigenvalue weighted by atomic mass is 10.1. The Kier molecular flexibility index (Phi) is 4.98. The molecule has 1 aliphatic carbocycles. The van der Waals surface area contributed by atoms with Crippen molar-refractivity contribution in [1.29, 1.82) is 0 Å². The van der Waals surface area contributed by atoms with E-state index < -0.39 is 0 Å². The summed E-state index contributed by atoms with van der Waals surface area (Å²) in [5.41, 5.74) is 1.28. The molecule has 1 N–H and O–H groups in total. The summed E-state index contributed by atoms with van der Waals surface area (Å²) in [5.74, 6) is 0.208. The fourth-order valence-electron chi connectivity index (χ4n) is 3.56. The van der Waals surface area contributed by atoms with Crippen molar-refractivity contribution in [2.45, 2.75) is 44.7 Å². The lowest BCUT2D eigenvalue weighted by Gasteiger charge is -2.38. The third-order valence-corrected chi connectivity index (χ3v) is 5.06. The Morgan fingerprint density at radius 2 is 1.73 bits per heavy atom. The van der Waals surface area contributed by atoms with Crippen LogP contribution in [0.5, 0.6) is 0 Å². The molecule has 1 aromatic carbocycles. The molecule has 0 unspecified atom stereocenters. The molecule has 4 nitrogen and oxygen atoms in total.